The van der Waals surface area contributed by atoms with Crippen LogP contribution in [0, 0.1) is 5.92 Å². The monoisotopic (exact) mass is 186 g/mol. The fourth-order valence-electron chi connectivity index (χ4n) is 1.46. The molecule has 0 aliphatic carbocycles. The van der Waals surface area contributed by atoms with E-state index >= 15 is 0 Å². The summed E-state index contributed by atoms with van der Waals surface area (Å²) in [5, 5.41) is 3.50. The van der Waals surface area contributed by atoms with E-state index in [-0.39, 0.29) is 0 Å². The first-order valence-electron chi connectivity index (χ1n) is 5.52. The molecule has 0 rings (SSSR count). The predicted molar refractivity (Wildman–Crippen MR) is 60.1 cm³/mol. The highest BCUT2D eigenvalue weighted by Gasteiger charge is 1.98. The molecule has 13 heavy (non-hydrogen) atoms. The maximum absolute atomic E-state index is 3.50. The van der Waals surface area contributed by atoms with Gasteiger partial charge in [-0.3, -0.25) is 0 Å². The van der Waals surface area contributed by atoms with E-state index in [9.17, 15) is 0 Å². The molecule has 0 aromatic rings. The van der Waals surface area contributed by atoms with Crippen molar-refractivity contribution in [3.63, 3.8) is 0 Å². The molecule has 2 nitrogen and oxygen atoms in total. The van der Waals surface area contributed by atoms with Crippen LogP contribution >= 0.6 is 0 Å². The van der Waals surface area contributed by atoms with Crippen LogP contribution in [0.15, 0.2) is 0 Å². The molecule has 1 N–H and O–H groups in total. The average molecular weight is 186 g/mol. The molecule has 80 valence electrons. The zero-order valence-electron chi connectivity index (χ0n) is 9.77. The Kier molecular flexibility index (Phi) is 8.46. The Balaban J connectivity index is 3.06. The Morgan fingerprint density at radius 1 is 1.31 bits per heavy atom. The molecule has 0 amide bonds. The van der Waals surface area contributed by atoms with E-state index in [2.05, 4.69) is 38.2 Å². The van der Waals surface area contributed by atoms with E-state index in [4.69, 9.17) is 0 Å². The Morgan fingerprint density at radius 2 is 2.00 bits per heavy atom. The Labute approximate surface area is 83.7 Å². The molecule has 0 heterocycles. The van der Waals surface area contributed by atoms with Gasteiger partial charge in [0.1, 0.15) is 0 Å². The molecule has 0 aliphatic heterocycles. The Hall–Kier alpha value is -0.0800. The van der Waals surface area contributed by atoms with E-state index in [1.165, 1.54) is 32.4 Å². The van der Waals surface area contributed by atoms with Gasteiger partial charge in [0.15, 0.2) is 0 Å². The lowest BCUT2D eigenvalue weighted by Gasteiger charge is -2.12. The summed E-state index contributed by atoms with van der Waals surface area (Å²) in [7, 11) is 4.25. The zero-order valence-corrected chi connectivity index (χ0v) is 9.77. The third kappa shape index (κ3) is 9.84. The summed E-state index contributed by atoms with van der Waals surface area (Å²) < 4.78 is 0. The van der Waals surface area contributed by atoms with Gasteiger partial charge in [-0.1, -0.05) is 20.3 Å². The standard InChI is InChI=1S/C11H26N2/c1-5-7-11(2)10-12-8-6-9-13(3)4/h11-12H,5-10H2,1-4H3. The molecule has 1 unspecified atom stereocenters. The zero-order chi connectivity index (χ0) is 10.1. The summed E-state index contributed by atoms with van der Waals surface area (Å²) >= 11 is 0. The van der Waals surface area contributed by atoms with Crippen molar-refractivity contribution >= 4 is 0 Å². The molecule has 0 radical (unpaired) electrons. The van der Waals surface area contributed by atoms with E-state index in [0.717, 1.165) is 12.5 Å². The number of nitrogens with zero attached hydrogens (tertiary/aromatic N) is 1. The van der Waals surface area contributed by atoms with Gasteiger partial charge in [-0.25, -0.2) is 0 Å². The van der Waals surface area contributed by atoms with Crippen molar-refractivity contribution in [3.8, 4) is 0 Å². The van der Waals surface area contributed by atoms with Gasteiger partial charge in [-0.05, 0) is 52.5 Å². The molecule has 0 spiro atoms. The smallest absolute Gasteiger partial charge is 0.00127 e. The van der Waals surface area contributed by atoms with Crippen LogP contribution in [0.4, 0.5) is 0 Å². The van der Waals surface area contributed by atoms with Gasteiger partial charge in [0.2, 0.25) is 0 Å². The Morgan fingerprint density at radius 3 is 2.54 bits per heavy atom. The first-order chi connectivity index (χ1) is 6.16. The van der Waals surface area contributed by atoms with Gasteiger partial charge in [-0.15, -0.1) is 0 Å². The fraction of sp³-hybridized carbons (Fsp3) is 1.00. The lowest BCUT2D eigenvalue weighted by Crippen LogP contribution is -2.25. The first-order valence-corrected chi connectivity index (χ1v) is 5.52. The first kappa shape index (κ1) is 12.9. The van der Waals surface area contributed by atoms with Gasteiger partial charge in [0, 0.05) is 0 Å². The highest BCUT2D eigenvalue weighted by atomic mass is 15.0. The number of hydrogen-bond donors (Lipinski definition) is 1. The van der Waals surface area contributed by atoms with E-state index in [0.29, 0.717) is 0 Å². The van der Waals surface area contributed by atoms with Crippen molar-refractivity contribution in [1.29, 1.82) is 0 Å². The molecule has 0 aliphatic rings. The van der Waals surface area contributed by atoms with E-state index < -0.39 is 0 Å². The second-order valence-electron chi connectivity index (χ2n) is 4.25. The number of hydrogen-bond acceptors (Lipinski definition) is 2. The Bertz CT molecular complexity index is 102. The third-order valence-electron chi connectivity index (χ3n) is 2.23. The second kappa shape index (κ2) is 8.52. The highest BCUT2D eigenvalue weighted by molar-refractivity contribution is 4.57. The molecule has 2 heteroatoms. The summed E-state index contributed by atoms with van der Waals surface area (Å²) in [6, 6.07) is 0. The molecule has 1 atom stereocenters. The average Bonchev–Trinajstić information content (AvgIpc) is 2.03. The second-order valence-corrected chi connectivity index (χ2v) is 4.25. The van der Waals surface area contributed by atoms with Gasteiger partial charge in [0.05, 0.1) is 0 Å². The minimum Gasteiger partial charge on any atom is -0.316 e. The predicted octanol–water partition coefficient (Wildman–Crippen LogP) is 1.96. The number of nitrogens with one attached hydrogen (secondary N) is 1. The largest absolute Gasteiger partial charge is 0.316 e. The van der Waals surface area contributed by atoms with Crippen molar-refractivity contribution in [1.82, 2.24) is 10.2 Å². The van der Waals surface area contributed by atoms with Crippen LogP contribution in [-0.2, 0) is 0 Å². The van der Waals surface area contributed by atoms with Crippen LogP contribution in [0.5, 0.6) is 0 Å². The molecule has 0 aromatic heterocycles. The molecule has 0 saturated carbocycles. The summed E-state index contributed by atoms with van der Waals surface area (Å²) in [6.45, 7) is 8.10. The summed E-state index contributed by atoms with van der Waals surface area (Å²) in [5.74, 6) is 0.837. The molecule has 0 bridgehead atoms. The molecule has 0 fully saturated rings. The van der Waals surface area contributed by atoms with Crippen LogP contribution in [0.2, 0.25) is 0 Å². The van der Waals surface area contributed by atoms with Gasteiger partial charge in [0.25, 0.3) is 0 Å². The van der Waals surface area contributed by atoms with E-state index in [1.54, 1.807) is 0 Å². The van der Waals surface area contributed by atoms with Gasteiger partial charge in [-0.2, -0.15) is 0 Å². The molecular weight excluding hydrogens is 160 g/mol. The minimum absolute atomic E-state index is 0.837. The highest BCUT2D eigenvalue weighted by Crippen LogP contribution is 2.02. The van der Waals surface area contributed by atoms with Gasteiger partial charge >= 0.3 is 0 Å². The van der Waals surface area contributed by atoms with Crippen LogP contribution in [0.25, 0.3) is 0 Å². The van der Waals surface area contributed by atoms with Crippen LogP contribution < -0.4 is 5.32 Å². The van der Waals surface area contributed by atoms with Crippen LogP contribution in [0.1, 0.15) is 33.1 Å². The normalized spacial score (nSPS) is 13.6. The fourth-order valence-corrected chi connectivity index (χ4v) is 1.46. The third-order valence-corrected chi connectivity index (χ3v) is 2.23. The number of rotatable bonds is 8. The summed E-state index contributed by atoms with van der Waals surface area (Å²) in [4.78, 5) is 2.23. The van der Waals surface area contributed by atoms with Crippen molar-refractivity contribution in [2.45, 2.75) is 33.1 Å². The lowest BCUT2D eigenvalue weighted by atomic mass is 10.1. The van der Waals surface area contributed by atoms with Crippen molar-refractivity contribution in [3.05, 3.63) is 0 Å². The lowest BCUT2D eigenvalue weighted by molar-refractivity contribution is 0.387. The summed E-state index contributed by atoms with van der Waals surface area (Å²) in [6.07, 6.45) is 3.91. The van der Waals surface area contributed by atoms with Crippen molar-refractivity contribution < 1.29 is 0 Å². The maximum atomic E-state index is 3.50. The molecular formula is C11H26N2. The van der Waals surface area contributed by atoms with Crippen molar-refractivity contribution in [2.24, 2.45) is 5.92 Å². The van der Waals surface area contributed by atoms with Gasteiger partial charge < -0.3 is 10.2 Å². The summed E-state index contributed by atoms with van der Waals surface area (Å²) in [5.41, 5.74) is 0. The van der Waals surface area contributed by atoms with Crippen LogP contribution in [-0.4, -0.2) is 38.6 Å². The van der Waals surface area contributed by atoms with E-state index in [1.807, 2.05) is 0 Å². The topological polar surface area (TPSA) is 15.3 Å². The molecule has 0 saturated heterocycles. The van der Waals surface area contributed by atoms with Crippen LogP contribution in [0.3, 0.4) is 0 Å². The molecule has 0 aromatic carbocycles. The maximum Gasteiger partial charge on any atom is -0.00127 e. The van der Waals surface area contributed by atoms with Crippen molar-refractivity contribution in [2.75, 3.05) is 33.7 Å². The SMILES string of the molecule is CCCC(C)CNCCCN(C)C. The quantitative estimate of drug-likeness (QED) is 0.583. The minimum atomic E-state index is 0.837.